The van der Waals surface area contributed by atoms with Crippen molar-refractivity contribution < 1.29 is 83.6 Å². The van der Waals surface area contributed by atoms with Gasteiger partial charge in [-0.2, -0.15) is 0 Å². The van der Waals surface area contributed by atoms with Gasteiger partial charge in [0.05, 0.1) is 49.7 Å². The lowest BCUT2D eigenvalue weighted by atomic mass is 9.98. The van der Waals surface area contributed by atoms with E-state index >= 15 is 0 Å². The van der Waals surface area contributed by atoms with E-state index in [2.05, 4.69) is 36.8 Å². The van der Waals surface area contributed by atoms with Crippen LogP contribution in [0.4, 0.5) is 0 Å². The summed E-state index contributed by atoms with van der Waals surface area (Å²) in [4.78, 5) is 115. The van der Waals surface area contributed by atoms with E-state index in [-0.39, 0.29) is 17.9 Å². The molecule has 472 valence electrons. The maximum absolute atomic E-state index is 14.6. The Morgan fingerprint density at radius 3 is 1.98 bits per heavy atom. The number of aromatic nitrogens is 2. The quantitative estimate of drug-likeness (QED) is 0.0457. The number of amides is 8. The van der Waals surface area contributed by atoms with Gasteiger partial charge in [-0.25, -0.2) is 0 Å². The standard InChI is InChI=1S/C59H78N10O17S/c1-30-22-33(10-19-42(30)73)23-43(74)47-54(81)65-48(44(75)26-45(60)76)59(84)69-28-31(2)50(77)49(69)55(82)61-27-37(71)24-40(52(79)63-46(32(3)70)58(83)68-29-38(72)25-41(68)53(80)64-47)62-51(78)34-11-13-35(14-12-34)56-66-67-57(87-56)36-15-17-39(18-16-36)86-21-9-7-5-6-8-20-85-4/h10-19,22,31-32,37-38,40-41,43-44,46-50,70-75,77H,5-9,20-21,23-29H2,1-4H3,(H2,60,76)(H,61,82)(H,62,78)(H,63,79)(H,64,80)(H,65,81)/t31?,32?,37?,38?,40-,41?,43?,44?,46?,47?,48?,49?,50?/m0/s1. The molecule has 3 fully saturated rings. The number of carbonyl (C=O) groups is 8. The molecule has 0 radical (unpaired) electrons. The van der Waals surface area contributed by atoms with Crippen LogP contribution in [0, 0.1) is 12.8 Å². The second-order valence-electron chi connectivity index (χ2n) is 22.4. The summed E-state index contributed by atoms with van der Waals surface area (Å²) in [7, 11) is 1.70. The number of primary amides is 1. The number of aromatic hydroxyl groups is 1. The van der Waals surface area contributed by atoms with E-state index in [0.29, 0.717) is 33.3 Å². The van der Waals surface area contributed by atoms with Gasteiger partial charge in [-0.3, -0.25) is 38.4 Å². The fraction of sp³-hybridized carbons (Fsp3) is 0.525. The minimum Gasteiger partial charge on any atom is -0.508 e. The molecule has 0 bridgehead atoms. The number of nitrogens with one attached hydrogen (secondary N) is 5. The van der Waals surface area contributed by atoms with Crippen LogP contribution in [-0.2, 0) is 44.7 Å². The van der Waals surface area contributed by atoms with E-state index in [1.54, 1.807) is 26.2 Å². The van der Waals surface area contributed by atoms with Crippen LogP contribution in [-0.4, -0.2) is 216 Å². The van der Waals surface area contributed by atoms with Gasteiger partial charge in [0.2, 0.25) is 41.4 Å². The number of ether oxygens (including phenoxy) is 2. The number of nitrogens with two attached hydrogens (primary N) is 1. The lowest BCUT2D eigenvalue weighted by Gasteiger charge is -2.33. The average molecular weight is 1230 g/mol. The SMILES string of the molecule is COCCCCCCCOc1ccc(-c2nnc(-c3ccc(C(=O)N[C@H]4CC(O)CNC(=O)C5C(O)C(C)CN5C(=O)C(C(O)CC(N)=O)NC(=O)C(C(O)Cc5ccc(O)c(C)c5)NC(=O)C5CC(O)CN5C(=O)C(C(C)O)NC4=O)cc3)s2)cc1. The normalized spacial score (nSPS) is 25.4. The molecule has 1 aromatic heterocycles. The van der Waals surface area contributed by atoms with Gasteiger partial charge in [-0.05, 0) is 80.3 Å². The molecule has 14 N–H and O–H groups in total. The van der Waals surface area contributed by atoms with E-state index in [9.17, 15) is 74.1 Å². The van der Waals surface area contributed by atoms with Crippen molar-refractivity contribution in [1.29, 1.82) is 0 Å². The molecule has 3 aliphatic rings. The minimum absolute atomic E-state index is 0.0223. The van der Waals surface area contributed by atoms with Gasteiger partial charge in [-0.15, -0.1) is 10.2 Å². The molecule has 8 amide bonds. The van der Waals surface area contributed by atoms with E-state index in [1.807, 2.05) is 24.3 Å². The fourth-order valence-electron chi connectivity index (χ4n) is 10.7. The fourth-order valence-corrected chi connectivity index (χ4v) is 11.5. The van der Waals surface area contributed by atoms with Crippen molar-refractivity contribution in [2.75, 3.05) is 40.0 Å². The van der Waals surface area contributed by atoms with Crippen molar-refractivity contribution in [3.63, 3.8) is 0 Å². The van der Waals surface area contributed by atoms with E-state index in [0.717, 1.165) is 66.7 Å². The lowest BCUT2D eigenvalue weighted by Crippen LogP contribution is -2.64. The van der Waals surface area contributed by atoms with Crippen molar-refractivity contribution in [2.24, 2.45) is 11.7 Å². The molecule has 0 spiro atoms. The first-order valence-electron chi connectivity index (χ1n) is 28.9. The Balaban J connectivity index is 1.14. The highest BCUT2D eigenvalue weighted by Gasteiger charge is 2.50. The zero-order valence-corrected chi connectivity index (χ0v) is 49.6. The van der Waals surface area contributed by atoms with Gasteiger partial charge < -0.3 is 87.3 Å². The minimum atomic E-state index is -2.15. The third kappa shape index (κ3) is 17.5. The van der Waals surface area contributed by atoms with Crippen molar-refractivity contribution in [3.05, 3.63) is 83.4 Å². The summed E-state index contributed by atoms with van der Waals surface area (Å²) >= 11 is 1.30. The Kier molecular flexibility index (Phi) is 23.6. The zero-order chi connectivity index (χ0) is 63.2. The predicted molar refractivity (Wildman–Crippen MR) is 313 cm³/mol. The molecule has 0 saturated carbocycles. The van der Waals surface area contributed by atoms with Crippen molar-refractivity contribution in [2.45, 2.75) is 151 Å². The summed E-state index contributed by atoms with van der Waals surface area (Å²) in [6, 6.07) is 6.51. The summed E-state index contributed by atoms with van der Waals surface area (Å²) in [5.74, 6) is -9.24. The number of β-amino-alcohol motifs (C(OH)–C–C–N with tert-alkyl or cyclic N) is 1. The number of unbranched alkanes of at least 4 members (excludes halogenated alkanes) is 4. The largest absolute Gasteiger partial charge is 0.508 e. The summed E-state index contributed by atoms with van der Waals surface area (Å²) in [6.07, 6.45) is -7.68. The maximum atomic E-state index is 14.6. The highest BCUT2D eigenvalue weighted by Crippen LogP contribution is 2.32. The Bertz CT molecular complexity index is 3060. The number of phenols is 1. The molecule has 4 heterocycles. The number of benzene rings is 3. The van der Waals surface area contributed by atoms with Crippen LogP contribution in [0.15, 0.2) is 66.7 Å². The number of rotatable bonds is 20. The van der Waals surface area contributed by atoms with Gasteiger partial charge in [-0.1, -0.05) is 61.8 Å². The average Bonchev–Trinajstić information content (AvgIpc) is 1.93. The van der Waals surface area contributed by atoms with Crippen molar-refractivity contribution in [3.8, 4) is 32.6 Å². The number of nitrogens with zero attached hydrogens (tertiary/aromatic N) is 4. The molecule has 3 aliphatic heterocycles. The molecule has 3 saturated heterocycles. The van der Waals surface area contributed by atoms with Gasteiger partial charge in [0.25, 0.3) is 5.91 Å². The first kappa shape index (κ1) is 66.8. The molecule has 7 rings (SSSR count). The third-order valence-electron chi connectivity index (χ3n) is 15.5. The number of aliphatic hydroxyl groups excluding tert-OH is 6. The molecule has 27 nitrogen and oxygen atoms in total. The number of hydrogen-bond donors (Lipinski definition) is 13. The van der Waals surface area contributed by atoms with Crippen LogP contribution < -0.4 is 37.1 Å². The molecule has 0 aliphatic carbocycles. The summed E-state index contributed by atoms with van der Waals surface area (Å²) in [5, 5.41) is 100. The highest BCUT2D eigenvalue weighted by molar-refractivity contribution is 7.17. The summed E-state index contributed by atoms with van der Waals surface area (Å²) in [6.45, 7) is 3.94. The van der Waals surface area contributed by atoms with Crippen LogP contribution in [0.25, 0.3) is 21.1 Å². The molecule has 3 aromatic carbocycles. The monoisotopic (exact) mass is 1230 g/mol. The number of hydrogen-bond acceptors (Lipinski definition) is 20. The Hall–Kier alpha value is -7.70. The second-order valence-corrected chi connectivity index (χ2v) is 23.4. The van der Waals surface area contributed by atoms with Crippen LogP contribution in [0.1, 0.15) is 86.7 Å². The maximum Gasteiger partial charge on any atom is 0.251 e. The lowest BCUT2D eigenvalue weighted by molar-refractivity contribution is -0.147. The zero-order valence-electron chi connectivity index (χ0n) is 48.7. The topological polar surface area (TPSA) is 415 Å². The first-order chi connectivity index (χ1) is 41.4. The summed E-state index contributed by atoms with van der Waals surface area (Å²) < 4.78 is 11.0. The van der Waals surface area contributed by atoms with Crippen LogP contribution >= 0.6 is 11.3 Å². The molecular formula is C59H78N10O17S. The molecule has 12 unspecified atom stereocenters. The first-order valence-corrected chi connectivity index (χ1v) is 29.7. The number of fused-ring (bicyclic) bond motifs is 2. The van der Waals surface area contributed by atoms with Crippen molar-refractivity contribution >= 4 is 58.6 Å². The molecule has 13 atom stereocenters. The van der Waals surface area contributed by atoms with Crippen molar-refractivity contribution in [1.82, 2.24) is 46.6 Å². The molecule has 28 heteroatoms. The van der Waals surface area contributed by atoms with Crippen LogP contribution in [0.3, 0.4) is 0 Å². The third-order valence-corrected chi connectivity index (χ3v) is 16.6. The summed E-state index contributed by atoms with van der Waals surface area (Å²) in [5.41, 5.74) is 7.54. The Morgan fingerprint density at radius 1 is 0.736 bits per heavy atom. The molecular weight excluding hydrogens is 1150 g/mol. The van der Waals surface area contributed by atoms with Gasteiger partial charge in [0.15, 0.2) is 0 Å². The predicted octanol–water partition coefficient (Wildman–Crippen LogP) is -1.31. The Labute approximate surface area is 506 Å². The number of phenolic OH excluding ortho intramolecular Hbond substituents is 1. The van der Waals surface area contributed by atoms with Gasteiger partial charge in [0, 0.05) is 75.2 Å². The van der Waals surface area contributed by atoms with E-state index < -0.39 is 165 Å². The van der Waals surface area contributed by atoms with Crippen LogP contribution in [0.5, 0.6) is 11.5 Å². The smallest absolute Gasteiger partial charge is 0.251 e. The second kappa shape index (κ2) is 30.8. The van der Waals surface area contributed by atoms with E-state index in [1.165, 1.54) is 48.6 Å². The van der Waals surface area contributed by atoms with Crippen LogP contribution in [0.2, 0.25) is 0 Å². The highest BCUT2D eigenvalue weighted by atomic mass is 32.1. The number of carbonyl (C=O) groups excluding carboxylic acids is 8. The number of aryl methyl sites for hydroxylation is 1. The van der Waals surface area contributed by atoms with Gasteiger partial charge >= 0.3 is 0 Å². The number of methoxy groups -OCH3 is 1. The number of aliphatic hydroxyl groups is 6. The molecule has 87 heavy (non-hydrogen) atoms. The Morgan fingerprint density at radius 2 is 1.34 bits per heavy atom. The van der Waals surface area contributed by atoms with E-state index in [4.69, 9.17) is 15.2 Å². The van der Waals surface area contributed by atoms with Gasteiger partial charge in [0.1, 0.15) is 57.8 Å². The molecule has 4 aromatic rings.